The summed E-state index contributed by atoms with van der Waals surface area (Å²) in [4.78, 5) is 16.6. The Morgan fingerprint density at radius 3 is 2.33 bits per heavy atom. The van der Waals surface area contributed by atoms with Crippen LogP contribution in [0.4, 0.5) is 0 Å². The van der Waals surface area contributed by atoms with Crippen LogP contribution >= 0.6 is 0 Å². The summed E-state index contributed by atoms with van der Waals surface area (Å²) in [6.45, 7) is 4.25. The Hall–Kier alpha value is -1.35. The van der Waals surface area contributed by atoms with Crippen molar-refractivity contribution in [2.75, 3.05) is 33.2 Å². The Balaban J connectivity index is 1.61. The van der Waals surface area contributed by atoms with Gasteiger partial charge in [0, 0.05) is 24.1 Å². The quantitative estimate of drug-likeness (QED) is 0.753. The van der Waals surface area contributed by atoms with Gasteiger partial charge >= 0.3 is 0 Å². The van der Waals surface area contributed by atoms with Gasteiger partial charge in [-0.25, -0.2) is 0 Å². The van der Waals surface area contributed by atoms with Gasteiger partial charge in [-0.05, 0) is 45.1 Å². The van der Waals surface area contributed by atoms with Crippen LogP contribution in [0.15, 0.2) is 30.3 Å². The first-order valence-electron chi connectivity index (χ1n) is 6.71. The van der Waals surface area contributed by atoms with E-state index in [1.54, 1.807) is 0 Å². The van der Waals surface area contributed by atoms with Gasteiger partial charge in [0.2, 0.25) is 0 Å². The maximum Gasteiger partial charge on any atom is 0.253 e. The third-order valence-electron chi connectivity index (χ3n) is 4.41. The van der Waals surface area contributed by atoms with E-state index >= 15 is 0 Å². The Morgan fingerprint density at radius 2 is 1.72 bits per heavy atom. The Bertz CT molecular complexity index is 427. The van der Waals surface area contributed by atoms with Gasteiger partial charge in [-0.15, -0.1) is 0 Å². The summed E-state index contributed by atoms with van der Waals surface area (Å²) < 4.78 is 0. The molecule has 0 radical (unpaired) electrons. The number of hydrogen-bond donors (Lipinski definition) is 0. The van der Waals surface area contributed by atoms with E-state index in [1.165, 1.54) is 25.9 Å². The van der Waals surface area contributed by atoms with Crippen LogP contribution in [0.5, 0.6) is 0 Å². The van der Waals surface area contributed by atoms with E-state index < -0.39 is 0 Å². The van der Waals surface area contributed by atoms with Crippen molar-refractivity contribution in [2.24, 2.45) is 5.41 Å². The number of rotatable bonds is 1. The summed E-state index contributed by atoms with van der Waals surface area (Å²) >= 11 is 0. The molecule has 3 rings (SSSR count). The zero-order valence-corrected chi connectivity index (χ0v) is 10.9. The summed E-state index contributed by atoms with van der Waals surface area (Å²) in [7, 11) is 2.18. The van der Waals surface area contributed by atoms with Gasteiger partial charge in [0.25, 0.3) is 5.91 Å². The molecule has 2 fully saturated rings. The van der Waals surface area contributed by atoms with Crippen molar-refractivity contribution in [3.63, 3.8) is 0 Å². The van der Waals surface area contributed by atoms with Crippen molar-refractivity contribution in [3.8, 4) is 0 Å². The predicted molar refractivity (Wildman–Crippen MR) is 71.5 cm³/mol. The smallest absolute Gasteiger partial charge is 0.253 e. The number of carbonyl (C=O) groups is 1. The molecule has 1 aromatic rings. The number of carbonyl (C=O) groups excluding carboxylic acids is 1. The van der Waals surface area contributed by atoms with Gasteiger partial charge < -0.3 is 9.80 Å². The molecule has 2 saturated heterocycles. The zero-order valence-electron chi connectivity index (χ0n) is 10.9. The SMILES string of the molecule is CN1CCC2(CC1)CN(C(=O)c1ccccc1)C2. The highest BCUT2D eigenvalue weighted by molar-refractivity contribution is 5.94. The van der Waals surface area contributed by atoms with Crippen molar-refractivity contribution in [3.05, 3.63) is 35.9 Å². The first-order valence-corrected chi connectivity index (χ1v) is 6.71. The summed E-state index contributed by atoms with van der Waals surface area (Å²) in [5.41, 5.74) is 1.25. The Morgan fingerprint density at radius 1 is 1.11 bits per heavy atom. The second-order valence-electron chi connectivity index (χ2n) is 5.83. The molecule has 1 spiro atoms. The van der Waals surface area contributed by atoms with Crippen molar-refractivity contribution in [1.82, 2.24) is 9.80 Å². The summed E-state index contributed by atoms with van der Waals surface area (Å²) in [6.07, 6.45) is 2.48. The lowest BCUT2D eigenvalue weighted by atomic mass is 9.72. The minimum atomic E-state index is 0.195. The maximum absolute atomic E-state index is 12.2. The Kier molecular flexibility index (Phi) is 2.86. The molecule has 0 atom stereocenters. The van der Waals surface area contributed by atoms with E-state index in [0.29, 0.717) is 5.41 Å². The van der Waals surface area contributed by atoms with Crippen LogP contribution in [0, 0.1) is 5.41 Å². The van der Waals surface area contributed by atoms with E-state index in [4.69, 9.17) is 0 Å². The van der Waals surface area contributed by atoms with Crippen molar-refractivity contribution < 1.29 is 4.79 Å². The number of amides is 1. The van der Waals surface area contributed by atoms with Crippen LogP contribution in [-0.4, -0.2) is 48.9 Å². The monoisotopic (exact) mass is 244 g/mol. The third kappa shape index (κ3) is 2.03. The Labute approximate surface area is 108 Å². The van der Waals surface area contributed by atoms with E-state index in [-0.39, 0.29) is 5.91 Å². The van der Waals surface area contributed by atoms with Crippen molar-refractivity contribution >= 4 is 5.91 Å². The number of hydrogen-bond acceptors (Lipinski definition) is 2. The molecule has 18 heavy (non-hydrogen) atoms. The molecule has 0 saturated carbocycles. The van der Waals surface area contributed by atoms with E-state index in [0.717, 1.165) is 18.7 Å². The first kappa shape index (κ1) is 11.7. The zero-order chi connectivity index (χ0) is 12.6. The second-order valence-corrected chi connectivity index (χ2v) is 5.83. The number of benzene rings is 1. The normalized spacial score (nSPS) is 22.8. The molecule has 3 nitrogen and oxygen atoms in total. The minimum absolute atomic E-state index is 0.195. The molecule has 2 aliphatic rings. The molecule has 2 heterocycles. The molecular formula is C15H20N2O. The van der Waals surface area contributed by atoms with Crippen LogP contribution in [0.1, 0.15) is 23.2 Å². The lowest BCUT2D eigenvalue weighted by molar-refractivity contribution is -0.0283. The maximum atomic E-state index is 12.2. The molecule has 0 aromatic heterocycles. The standard InChI is InChI=1S/C15H20N2O/c1-16-9-7-15(8-10-16)11-17(12-15)14(18)13-5-3-2-4-6-13/h2-6H,7-12H2,1H3. The second kappa shape index (κ2) is 4.39. The minimum Gasteiger partial charge on any atom is -0.337 e. The van der Waals surface area contributed by atoms with Crippen LogP contribution < -0.4 is 0 Å². The molecule has 0 unspecified atom stereocenters. The van der Waals surface area contributed by atoms with Crippen LogP contribution in [-0.2, 0) is 0 Å². The molecule has 1 aromatic carbocycles. The largest absolute Gasteiger partial charge is 0.337 e. The molecule has 0 bridgehead atoms. The van der Waals surface area contributed by atoms with E-state index in [2.05, 4.69) is 11.9 Å². The molecule has 96 valence electrons. The summed E-state index contributed by atoms with van der Waals surface area (Å²) in [5, 5.41) is 0. The van der Waals surface area contributed by atoms with Crippen LogP contribution in [0.2, 0.25) is 0 Å². The fourth-order valence-electron chi connectivity index (χ4n) is 3.08. The lowest BCUT2D eigenvalue weighted by Crippen LogP contribution is -2.61. The lowest BCUT2D eigenvalue weighted by Gasteiger charge is -2.53. The fraction of sp³-hybridized carbons (Fsp3) is 0.533. The van der Waals surface area contributed by atoms with E-state index in [9.17, 15) is 4.79 Å². The molecule has 0 N–H and O–H groups in total. The molecule has 1 amide bonds. The van der Waals surface area contributed by atoms with Crippen molar-refractivity contribution in [2.45, 2.75) is 12.8 Å². The van der Waals surface area contributed by atoms with Gasteiger partial charge in [0.15, 0.2) is 0 Å². The average molecular weight is 244 g/mol. The van der Waals surface area contributed by atoms with Crippen molar-refractivity contribution in [1.29, 1.82) is 0 Å². The van der Waals surface area contributed by atoms with Gasteiger partial charge in [-0.2, -0.15) is 0 Å². The highest BCUT2D eigenvalue weighted by Gasteiger charge is 2.46. The van der Waals surface area contributed by atoms with Gasteiger partial charge in [-0.3, -0.25) is 4.79 Å². The molecule has 3 heteroatoms. The van der Waals surface area contributed by atoms with Gasteiger partial charge in [-0.1, -0.05) is 18.2 Å². The molecule has 0 aliphatic carbocycles. The average Bonchev–Trinajstić information content (AvgIpc) is 2.38. The third-order valence-corrected chi connectivity index (χ3v) is 4.41. The topological polar surface area (TPSA) is 23.6 Å². The molecular weight excluding hydrogens is 224 g/mol. The number of piperidine rings is 1. The van der Waals surface area contributed by atoms with Gasteiger partial charge in [0.1, 0.15) is 0 Å². The van der Waals surface area contributed by atoms with Crippen LogP contribution in [0.25, 0.3) is 0 Å². The number of likely N-dealkylation sites (tertiary alicyclic amines) is 2. The van der Waals surface area contributed by atoms with Crippen LogP contribution in [0.3, 0.4) is 0 Å². The first-order chi connectivity index (χ1) is 8.69. The molecule has 2 aliphatic heterocycles. The summed E-state index contributed by atoms with van der Waals surface area (Å²) in [6, 6.07) is 9.62. The predicted octanol–water partition coefficient (Wildman–Crippen LogP) is 1.85. The highest BCUT2D eigenvalue weighted by atomic mass is 16.2. The highest BCUT2D eigenvalue weighted by Crippen LogP contribution is 2.40. The summed E-state index contributed by atoms with van der Waals surface area (Å²) in [5.74, 6) is 0.195. The fourth-order valence-corrected chi connectivity index (χ4v) is 3.08. The number of nitrogens with zero attached hydrogens (tertiary/aromatic N) is 2. The van der Waals surface area contributed by atoms with E-state index in [1.807, 2.05) is 35.2 Å². The van der Waals surface area contributed by atoms with Gasteiger partial charge in [0.05, 0.1) is 0 Å².